The molecule has 0 amide bonds. The van der Waals surface area contributed by atoms with Crippen LogP contribution in [0.25, 0.3) is 0 Å². The summed E-state index contributed by atoms with van der Waals surface area (Å²) in [6.07, 6.45) is 0.293. The van der Waals surface area contributed by atoms with Crippen LogP contribution in [0.1, 0.15) is 35.2 Å². The van der Waals surface area contributed by atoms with Gasteiger partial charge in [-0.3, -0.25) is 9.59 Å². The van der Waals surface area contributed by atoms with Crippen LogP contribution in [0, 0.1) is 11.7 Å². The van der Waals surface area contributed by atoms with Gasteiger partial charge in [-0.05, 0) is 25.5 Å². The van der Waals surface area contributed by atoms with Crippen LogP contribution in [0.2, 0.25) is 0 Å². The summed E-state index contributed by atoms with van der Waals surface area (Å²) in [7, 11) is 0. The van der Waals surface area contributed by atoms with Crippen LogP contribution < -0.4 is 0 Å². The third-order valence-corrected chi connectivity index (χ3v) is 3.02. The predicted molar refractivity (Wildman–Crippen MR) is 56.6 cm³/mol. The Kier molecular flexibility index (Phi) is 2.61. The zero-order chi connectivity index (χ0) is 12.7. The largest absolute Gasteiger partial charge is 0.507 e. The first kappa shape index (κ1) is 11.6. The second-order valence-electron chi connectivity index (χ2n) is 4.20. The van der Waals surface area contributed by atoms with E-state index >= 15 is 0 Å². The third-order valence-electron chi connectivity index (χ3n) is 3.02. The highest BCUT2D eigenvalue weighted by molar-refractivity contribution is 5.97. The van der Waals surface area contributed by atoms with E-state index in [1.54, 1.807) is 0 Å². The molecule has 5 heteroatoms. The fourth-order valence-corrected chi connectivity index (χ4v) is 2.01. The van der Waals surface area contributed by atoms with Gasteiger partial charge in [-0.25, -0.2) is 4.39 Å². The maximum atomic E-state index is 13.6. The summed E-state index contributed by atoms with van der Waals surface area (Å²) < 4.78 is 13.6. The lowest BCUT2D eigenvalue weighted by molar-refractivity contribution is -0.138. The topological polar surface area (TPSA) is 74.6 Å². The minimum atomic E-state index is -1.01. The lowest BCUT2D eigenvalue weighted by Gasteiger charge is -2.08. The fraction of sp³-hybridized carbons (Fsp3) is 0.333. The van der Waals surface area contributed by atoms with Crippen LogP contribution in [-0.2, 0) is 4.79 Å². The van der Waals surface area contributed by atoms with Crippen LogP contribution in [0.5, 0.6) is 5.75 Å². The third kappa shape index (κ3) is 1.88. The Bertz CT molecular complexity index is 509. The quantitative estimate of drug-likeness (QED) is 0.789. The van der Waals surface area contributed by atoms with E-state index < -0.39 is 29.4 Å². The summed E-state index contributed by atoms with van der Waals surface area (Å²) in [5.74, 6) is -3.68. The molecule has 1 fully saturated rings. The van der Waals surface area contributed by atoms with Gasteiger partial charge in [0, 0.05) is 11.5 Å². The molecule has 1 aromatic rings. The van der Waals surface area contributed by atoms with Gasteiger partial charge in [0.15, 0.2) is 5.78 Å². The Hall–Kier alpha value is -1.91. The number of hydrogen-bond acceptors (Lipinski definition) is 3. The van der Waals surface area contributed by atoms with Crippen LogP contribution in [0.15, 0.2) is 12.1 Å². The van der Waals surface area contributed by atoms with Crippen molar-refractivity contribution in [3.8, 4) is 5.75 Å². The molecule has 2 atom stereocenters. The Labute approximate surface area is 96.7 Å². The lowest BCUT2D eigenvalue weighted by Crippen LogP contribution is -2.02. The SMILES string of the molecule is CC(=O)c1ccc(F)c([C@H]2C[C@H]2C(=O)O)c1O. The van der Waals surface area contributed by atoms with E-state index in [0.29, 0.717) is 6.42 Å². The maximum Gasteiger partial charge on any atom is 0.307 e. The molecule has 4 nitrogen and oxygen atoms in total. The van der Waals surface area contributed by atoms with Crippen LogP contribution in [0.4, 0.5) is 4.39 Å². The number of benzene rings is 1. The van der Waals surface area contributed by atoms with Gasteiger partial charge in [0.25, 0.3) is 0 Å². The van der Waals surface area contributed by atoms with E-state index in [0.717, 1.165) is 6.07 Å². The van der Waals surface area contributed by atoms with Crippen LogP contribution >= 0.6 is 0 Å². The summed E-state index contributed by atoms with van der Waals surface area (Å²) in [5, 5.41) is 18.6. The van der Waals surface area contributed by atoms with Gasteiger partial charge >= 0.3 is 5.97 Å². The first-order valence-electron chi connectivity index (χ1n) is 5.18. The Morgan fingerprint density at radius 1 is 1.41 bits per heavy atom. The number of phenolic OH excluding ortho intramolecular Hbond substituents is 1. The molecular formula is C12H11FO4. The van der Waals surface area contributed by atoms with E-state index in [4.69, 9.17) is 5.11 Å². The monoisotopic (exact) mass is 238 g/mol. The van der Waals surface area contributed by atoms with Crippen LogP contribution in [-0.4, -0.2) is 22.0 Å². The molecule has 2 rings (SSSR count). The normalized spacial score (nSPS) is 22.2. The fourth-order valence-electron chi connectivity index (χ4n) is 2.01. The summed E-state index contributed by atoms with van der Waals surface area (Å²) in [6, 6.07) is 2.29. The minimum Gasteiger partial charge on any atom is -0.507 e. The number of aliphatic carboxylic acids is 1. The summed E-state index contributed by atoms with van der Waals surface area (Å²) in [5.41, 5.74) is -0.0254. The molecular weight excluding hydrogens is 227 g/mol. The number of carbonyl (C=O) groups is 2. The summed E-state index contributed by atoms with van der Waals surface area (Å²) >= 11 is 0. The highest BCUT2D eigenvalue weighted by Crippen LogP contribution is 2.51. The zero-order valence-corrected chi connectivity index (χ0v) is 9.11. The zero-order valence-electron chi connectivity index (χ0n) is 9.11. The van der Waals surface area contributed by atoms with Crippen molar-refractivity contribution in [2.75, 3.05) is 0 Å². The number of ketones is 1. The van der Waals surface area contributed by atoms with Crippen molar-refractivity contribution in [2.45, 2.75) is 19.3 Å². The van der Waals surface area contributed by atoms with Crippen molar-refractivity contribution in [3.63, 3.8) is 0 Å². The van der Waals surface area contributed by atoms with E-state index in [9.17, 15) is 19.1 Å². The van der Waals surface area contributed by atoms with Gasteiger partial charge in [0.1, 0.15) is 11.6 Å². The number of carboxylic acids is 1. The van der Waals surface area contributed by atoms with Crippen molar-refractivity contribution < 1.29 is 24.2 Å². The van der Waals surface area contributed by atoms with Gasteiger partial charge in [-0.1, -0.05) is 0 Å². The van der Waals surface area contributed by atoms with Crippen molar-refractivity contribution in [3.05, 3.63) is 29.1 Å². The Morgan fingerprint density at radius 3 is 2.53 bits per heavy atom. The predicted octanol–water partition coefficient (Wildman–Crippen LogP) is 1.92. The molecule has 0 saturated heterocycles. The van der Waals surface area contributed by atoms with Gasteiger partial charge in [0.05, 0.1) is 11.5 Å². The number of carboxylic acid groups (broad SMARTS) is 1. The summed E-state index contributed by atoms with van der Waals surface area (Å²) in [4.78, 5) is 21.9. The average Bonchev–Trinajstić information content (AvgIpc) is 2.97. The molecule has 0 heterocycles. The molecule has 0 spiro atoms. The molecule has 1 aliphatic carbocycles. The molecule has 0 radical (unpaired) electrons. The molecule has 0 aromatic heterocycles. The number of Topliss-reactive ketones (excluding diaryl/α,β-unsaturated/α-hetero) is 1. The molecule has 0 unspecified atom stereocenters. The van der Waals surface area contributed by atoms with E-state index in [1.807, 2.05) is 0 Å². The molecule has 0 bridgehead atoms. The van der Waals surface area contributed by atoms with Crippen molar-refractivity contribution >= 4 is 11.8 Å². The highest BCUT2D eigenvalue weighted by atomic mass is 19.1. The number of aromatic hydroxyl groups is 1. The Balaban J connectivity index is 2.44. The minimum absolute atomic E-state index is 0.0254. The van der Waals surface area contributed by atoms with Gasteiger partial charge in [-0.2, -0.15) is 0 Å². The molecule has 1 saturated carbocycles. The second kappa shape index (κ2) is 3.84. The van der Waals surface area contributed by atoms with E-state index in [-0.39, 0.29) is 16.9 Å². The number of halogens is 1. The van der Waals surface area contributed by atoms with Gasteiger partial charge in [-0.15, -0.1) is 0 Å². The van der Waals surface area contributed by atoms with Gasteiger partial charge in [0.2, 0.25) is 0 Å². The van der Waals surface area contributed by atoms with Gasteiger partial charge < -0.3 is 10.2 Å². The lowest BCUT2D eigenvalue weighted by atomic mass is 10.0. The summed E-state index contributed by atoms with van der Waals surface area (Å²) in [6.45, 7) is 1.26. The Morgan fingerprint density at radius 2 is 2.06 bits per heavy atom. The number of phenols is 1. The van der Waals surface area contributed by atoms with Crippen molar-refractivity contribution in [2.24, 2.45) is 5.92 Å². The van der Waals surface area contributed by atoms with Crippen LogP contribution in [0.3, 0.4) is 0 Å². The second-order valence-corrected chi connectivity index (χ2v) is 4.20. The average molecular weight is 238 g/mol. The first-order chi connectivity index (χ1) is 7.93. The number of carbonyl (C=O) groups excluding carboxylic acids is 1. The molecule has 17 heavy (non-hydrogen) atoms. The molecule has 1 aromatic carbocycles. The first-order valence-corrected chi connectivity index (χ1v) is 5.18. The maximum absolute atomic E-state index is 13.6. The van der Waals surface area contributed by atoms with E-state index in [2.05, 4.69) is 0 Å². The molecule has 90 valence electrons. The number of rotatable bonds is 3. The van der Waals surface area contributed by atoms with E-state index in [1.165, 1.54) is 13.0 Å². The van der Waals surface area contributed by atoms with Crippen molar-refractivity contribution in [1.29, 1.82) is 0 Å². The molecule has 2 N–H and O–H groups in total. The number of hydrogen-bond donors (Lipinski definition) is 2. The van der Waals surface area contributed by atoms with Crippen molar-refractivity contribution in [1.82, 2.24) is 0 Å². The highest BCUT2D eigenvalue weighted by Gasteiger charge is 2.47. The molecule has 0 aliphatic heterocycles. The molecule has 1 aliphatic rings. The standard InChI is InChI=1S/C12H11FO4/c1-5(14)6-2-3-9(13)10(11(6)15)7-4-8(7)12(16)17/h2-3,7-8,15H,4H2,1H3,(H,16,17)/t7-,8+/m0/s1. The smallest absolute Gasteiger partial charge is 0.307 e.